The maximum atomic E-state index is 12.1. The summed E-state index contributed by atoms with van der Waals surface area (Å²) in [5, 5.41) is 0. The minimum Gasteiger partial charge on any atom is -0.294 e. The Morgan fingerprint density at radius 3 is 2.28 bits per heavy atom. The van der Waals surface area contributed by atoms with Crippen molar-refractivity contribution < 1.29 is 4.79 Å². The monoisotopic (exact) mass is 246 g/mol. The third kappa shape index (κ3) is 5.48. The maximum absolute atomic E-state index is 12.1. The van der Waals surface area contributed by atoms with Crippen molar-refractivity contribution in [3.05, 3.63) is 35.9 Å². The summed E-state index contributed by atoms with van der Waals surface area (Å²) >= 11 is 0. The maximum Gasteiger partial charge on any atom is 0.165 e. The molecule has 1 rings (SSSR count). The van der Waals surface area contributed by atoms with E-state index < -0.39 is 0 Å². The molecule has 1 atom stereocenters. The van der Waals surface area contributed by atoms with Crippen molar-refractivity contribution in [1.82, 2.24) is 0 Å². The third-order valence-electron chi connectivity index (χ3n) is 3.50. The van der Waals surface area contributed by atoms with Crippen molar-refractivity contribution in [2.45, 2.75) is 58.8 Å². The molecule has 0 bridgehead atoms. The second-order valence-electron chi connectivity index (χ2n) is 5.19. The van der Waals surface area contributed by atoms with E-state index in [1.807, 2.05) is 30.3 Å². The summed E-state index contributed by atoms with van der Waals surface area (Å²) in [4.78, 5) is 12.1. The zero-order valence-electron chi connectivity index (χ0n) is 11.8. The number of carbonyl (C=O) groups excluding carboxylic acids is 1. The predicted octanol–water partition coefficient (Wildman–Crippen LogP) is 5.26. The molecular formula is C17H26O. The van der Waals surface area contributed by atoms with E-state index in [1.165, 1.54) is 38.5 Å². The minimum atomic E-state index is 0.165. The normalized spacial score (nSPS) is 12.3. The smallest absolute Gasteiger partial charge is 0.165 e. The van der Waals surface area contributed by atoms with E-state index in [2.05, 4.69) is 13.8 Å². The van der Waals surface area contributed by atoms with Crippen molar-refractivity contribution >= 4 is 5.78 Å². The number of rotatable bonds is 9. The van der Waals surface area contributed by atoms with Gasteiger partial charge in [0.25, 0.3) is 0 Å². The van der Waals surface area contributed by atoms with Crippen LogP contribution < -0.4 is 0 Å². The van der Waals surface area contributed by atoms with Gasteiger partial charge in [-0.15, -0.1) is 0 Å². The number of Topliss-reactive ketones (excluding diaryl/α,β-unsaturated/α-hetero) is 1. The molecule has 0 aliphatic rings. The topological polar surface area (TPSA) is 17.1 Å². The molecule has 0 aliphatic heterocycles. The molecule has 1 aromatic rings. The number of carbonyl (C=O) groups is 1. The molecule has 0 aliphatic carbocycles. The number of hydrogen-bond acceptors (Lipinski definition) is 1. The molecular weight excluding hydrogens is 220 g/mol. The molecule has 1 nitrogen and oxygen atoms in total. The van der Waals surface area contributed by atoms with Gasteiger partial charge < -0.3 is 0 Å². The van der Waals surface area contributed by atoms with Crippen LogP contribution in [0.3, 0.4) is 0 Å². The lowest BCUT2D eigenvalue weighted by Crippen LogP contribution is -2.11. The first-order chi connectivity index (χ1) is 8.75. The van der Waals surface area contributed by atoms with E-state index in [9.17, 15) is 4.79 Å². The molecule has 0 saturated heterocycles. The highest BCUT2D eigenvalue weighted by atomic mass is 16.1. The van der Waals surface area contributed by atoms with E-state index in [1.54, 1.807) is 0 Å². The summed E-state index contributed by atoms with van der Waals surface area (Å²) in [6.07, 6.45) is 8.79. The van der Waals surface area contributed by atoms with Gasteiger partial charge in [0.15, 0.2) is 5.78 Å². The molecule has 0 spiro atoms. The van der Waals surface area contributed by atoms with Gasteiger partial charge in [0.05, 0.1) is 0 Å². The lowest BCUT2D eigenvalue weighted by molar-refractivity contribution is 0.0922. The molecule has 0 amide bonds. The Hall–Kier alpha value is -1.11. The minimum absolute atomic E-state index is 0.165. The van der Waals surface area contributed by atoms with Gasteiger partial charge in [-0.25, -0.2) is 0 Å². The summed E-state index contributed by atoms with van der Waals surface area (Å²) in [5.74, 6) is 0.461. The van der Waals surface area contributed by atoms with Crippen LogP contribution >= 0.6 is 0 Å². The molecule has 0 fully saturated rings. The Morgan fingerprint density at radius 2 is 1.61 bits per heavy atom. The number of hydrogen-bond donors (Lipinski definition) is 0. The van der Waals surface area contributed by atoms with Crippen LogP contribution in [0.1, 0.15) is 69.2 Å². The first-order valence-electron chi connectivity index (χ1n) is 7.35. The van der Waals surface area contributed by atoms with Crippen molar-refractivity contribution in [3.63, 3.8) is 0 Å². The molecule has 1 heteroatoms. The van der Waals surface area contributed by atoms with Crippen LogP contribution in [0.15, 0.2) is 30.3 Å². The van der Waals surface area contributed by atoms with Gasteiger partial charge in [-0.3, -0.25) is 4.79 Å². The second-order valence-corrected chi connectivity index (χ2v) is 5.19. The predicted molar refractivity (Wildman–Crippen MR) is 77.9 cm³/mol. The zero-order valence-corrected chi connectivity index (χ0v) is 11.8. The molecule has 1 unspecified atom stereocenters. The largest absolute Gasteiger partial charge is 0.294 e. The first kappa shape index (κ1) is 14.9. The second kappa shape index (κ2) is 8.91. The fourth-order valence-corrected chi connectivity index (χ4v) is 2.25. The summed E-state index contributed by atoms with van der Waals surface area (Å²) in [7, 11) is 0. The highest BCUT2D eigenvalue weighted by molar-refractivity contribution is 5.97. The van der Waals surface area contributed by atoms with Crippen molar-refractivity contribution in [2.75, 3.05) is 0 Å². The van der Waals surface area contributed by atoms with Crippen LogP contribution in [0.5, 0.6) is 0 Å². The highest BCUT2D eigenvalue weighted by Gasteiger charge is 2.13. The van der Waals surface area contributed by atoms with E-state index in [0.717, 1.165) is 12.0 Å². The fraction of sp³-hybridized carbons (Fsp3) is 0.588. The molecule has 0 N–H and O–H groups in total. The molecule has 0 saturated carbocycles. The van der Waals surface area contributed by atoms with Gasteiger partial charge in [0.2, 0.25) is 0 Å². The Kier molecular flexibility index (Phi) is 7.40. The van der Waals surface area contributed by atoms with E-state index >= 15 is 0 Å². The Labute approximate surface area is 112 Å². The van der Waals surface area contributed by atoms with Crippen LogP contribution in [0.4, 0.5) is 0 Å². The molecule has 0 radical (unpaired) electrons. The van der Waals surface area contributed by atoms with Gasteiger partial charge in [-0.2, -0.15) is 0 Å². The third-order valence-corrected chi connectivity index (χ3v) is 3.50. The Morgan fingerprint density at radius 1 is 1.00 bits per heavy atom. The van der Waals surface area contributed by atoms with Crippen LogP contribution in [0.2, 0.25) is 0 Å². The van der Waals surface area contributed by atoms with Gasteiger partial charge in [-0.1, -0.05) is 82.7 Å². The lowest BCUT2D eigenvalue weighted by Gasteiger charge is -2.10. The van der Waals surface area contributed by atoms with E-state index in [4.69, 9.17) is 0 Å². The van der Waals surface area contributed by atoms with Crippen LogP contribution in [-0.2, 0) is 0 Å². The van der Waals surface area contributed by atoms with Gasteiger partial charge in [0.1, 0.15) is 0 Å². The van der Waals surface area contributed by atoms with Crippen LogP contribution in [-0.4, -0.2) is 5.78 Å². The molecule has 18 heavy (non-hydrogen) atoms. The molecule has 0 aromatic heterocycles. The van der Waals surface area contributed by atoms with Crippen molar-refractivity contribution in [2.24, 2.45) is 5.92 Å². The Balaban J connectivity index is 2.20. The molecule has 1 aromatic carbocycles. The summed E-state index contributed by atoms with van der Waals surface area (Å²) in [6, 6.07) is 9.66. The van der Waals surface area contributed by atoms with Crippen molar-refractivity contribution in [3.8, 4) is 0 Å². The average molecular weight is 246 g/mol. The lowest BCUT2D eigenvalue weighted by atomic mass is 9.94. The van der Waals surface area contributed by atoms with Crippen molar-refractivity contribution in [1.29, 1.82) is 0 Å². The fourth-order valence-electron chi connectivity index (χ4n) is 2.25. The van der Waals surface area contributed by atoms with Crippen LogP contribution in [0, 0.1) is 5.92 Å². The van der Waals surface area contributed by atoms with Gasteiger partial charge in [0, 0.05) is 11.5 Å². The standard InChI is InChI=1S/C17H26O/c1-3-4-5-6-7-9-12-15(2)17(18)16-13-10-8-11-14-16/h8,10-11,13-15H,3-7,9,12H2,1-2H3. The quantitative estimate of drug-likeness (QED) is 0.429. The highest BCUT2D eigenvalue weighted by Crippen LogP contribution is 2.16. The number of unbranched alkanes of at least 4 members (excludes halogenated alkanes) is 5. The van der Waals surface area contributed by atoms with Gasteiger partial charge >= 0.3 is 0 Å². The zero-order chi connectivity index (χ0) is 13.2. The van der Waals surface area contributed by atoms with E-state index in [-0.39, 0.29) is 5.92 Å². The van der Waals surface area contributed by atoms with E-state index in [0.29, 0.717) is 5.78 Å². The number of benzene rings is 1. The summed E-state index contributed by atoms with van der Waals surface area (Å²) in [6.45, 7) is 4.29. The summed E-state index contributed by atoms with van der Waals surface area (Å²) < 4.78 is 0. The first-order valence-corrected chi connectivity index (χ1v) is 7.35. The molecule has 100 valence electrons. The Bertz CT molecular complexity index is 329. The molecule has 0 heterocycles. The summed E-state index contributed by atoms with van der Waals surface area (Å²) in [5.41, 5.74) is 0.857. The van der Waals surface area contributed by atoms with Crippen LogP contribution in [0.25, 0.3) is 0 Å². The van der Waals surface area contributed by atoms with Gasteiger partial charge in [-0.05, 0) is 6.42 Å². The SMILES string of the molecule is CCCCCCCCC(C)C(=O)c1ccccc1. The number of ketones is 1. The average Bonchev–Trinajstić information content (AvgIpc) is 2.42.